The average molecular weight is 569 g/mol. The second-order valence-corrected chi connectivity index (χ2v) is 14.6. The lowest BCUT2D eigenvalue weighted by molar-refractivity contribution is 0.474. The molecular weight excluding hydrogens is 509 g/mol. The summed E-state index contributed by atoms with van der Waals surface area (Å²) in [5.74, 6) is 5.22. The number of phenols is 1. The van der Waals surface area contributed by atoms with Gasteiger partial charge in [-0.2, -0.15) is 11.8 Å². The van der Waals surface area contributed by atoms with Crippen LogP contribution in [0.25, 0.3) is 0 Å². The minimum atomic E-state index is 0.442. The molecule has 1 nitrogen and oxygen atoms in total. The van der Waals surface area contributed by atoms with Crippen LogP contribution in [0.4, 0.5) is 0 Å². The Morgan fingerprint density at radius 1 is 0.595 bits per heavy atom. The third kappa shape index (κ3) is 18.1. The van der Waals surface area contributed by atoms with Crippen molar-refractivity contribution >= 4 is 35.3 Å². The molecular formula is C33H60OS3. The number of aromatic hydroxyl groups is 1. The number of hydrogen-bond donors (Lipinski definition) is 1. The molecule has 37 heavy (non-hydrogen) atoms. The van der Waals surface area contributed by atoms with Gasteiger partial charge in [-0.3, -0.25) is 0 Å². The third-order valence-corrected chi connectivity index (χ3v) is 11.2. The molecule has 0 unspecified atom stereocenters. The molecule has 0 spiro atoms. The number of benzene rings is 1. The maximum Gasteiger partial charge on any atom is 0.116 e. The van der Waals surface area contributed by atoms with Crippen molar-refractivity contribution in [2.24, 2.45) is 0 Å². The van der Waals surface area contributed by atoms with Crippen molar-refractivity contribution in [2.45, 2.75) is 154 Å². The number of thioether (sulfide) groups is 3. The van der Waals surface area contributed by atoms with Gasteiger partial charge >= 0.3 is 0 Å². The molecule has 0 atom stereocenters. The molecule has 0 amide bonds. The van der Waals surface area contributed by atoms with Gasteiger partial charge in [0.05, 0.1) is 4.58 Å². The summed E-state index contributed by atoms with van der Waals surface area (Å²) in [6, 6.07) is 4.07. The first-order valence-electron chi connectivity index (χ1n) is 15.8. The fourth-order valence-electron chi connectivity index (χ4n) is 4.83. The quantitative estimate of drug-likeness (QED) is 0.0885. The molecule has 1 aromatic rings. The lowest BCUT2D eigenvalue weighted by Gasteiger charge is -2.23. The largest absolute Gasteiger partial charge is 0.508 e. The fourth-order valence-corrected chi connectivity index (χ4v) is 8.99. The number of unbranched alkanes of at least 4 members (excludes halogenated alkanes) is 15. The van der Waals surface area contributed by atoms with E-state index < -0.39 is 0 Å². The van der Waals surface area contributed by atoms with E-state index in [1.165, 1.54) is 150 Å². The zero-order chi connectivity index (χ0) is 27.0. The van der Waals surface area contributed by atoms with Crippen LogP contribution in [0.1, 0.15) is 158 Å². The van der Waals surface area contributed by atoms with Crippen LogP contribution in [0.15, 0.2) is 12.1 Å². The molecule has 0 heterocycles. The SMILES string of the molecule is CCCCCCCCSCc1cc(O)cc(C)c1C(SCCCCCCCC)SCCCCCCCC. The molecule has 0 aromatic heterocycles. The molecule has 0 aliphatic carbocycles. The molecule has 216 valence electrons. The first-order chi connectivity index (χ1) is 18.1. The molecule has 0 bridgehead atoms. The van der Waals surface area contributed by atoms with Gasteiger partial charge in [0, 0.05) is 5.75 Å². The number of hydrogen-bond acceptors (Lipinski definition) is 4. The highest BCUT2D eigenvalue weighted by atomic mass is 32.2. The maximum absolute atomic E-state index is 10.4. The van der Waals surface area contributed by atoms with E-state index in [0.717, 1.165) is 5.75 Å². The van der Waals surface area contributed by atoms with E-state index in [1.807, 2.05) is 6.07 Å². The summed E-state index contributed by atoms with van der Waals surface area (Å²) in [6.07, 6.45) is 24.6. The Hall–Kier alpha value is 0.0700. The molecule has 4 heteroatoms. The average Bonchev–Trinajstić information content (AvgIpc) is 2.88. The van der Waals surface area contributed by atoms with Crippen molar-refractivity contribution in [3.05, 3.63) is 28.8 Å². The summed E-state index contributed by atoms with van der Waals surface area (Å²) >= 11 is 6.41. The first-order valence-corrected chi connectivity index (χ1v) is 19.0. The molecule has 0 saturated carbocycles. The molecule has 0 saturated heterocycles. The minimum absolute atomic E-state index is 0.442. The van der Waals surface area contributed by atoms with Gasteiger partial charge in [-0.25, -0.2) is 0 Å². The summed E-state index contributed by atoms with van der Waals surface area (Å²) in [7, 11) is 0. The number of aryl methyl sites for hydroxylation is 1. The lowest BCUT2D eigenvalue weighted by atomic mass is 10.0. The fraction of sp³-hybridized carbons (Fsp3) is 0.818. The van der Waals surface area contributed by atoms with Crippen LogP contribution in [-0.4, -0.2) is 22.4 Å². The monoisotopic (exact) mass is 568 g/mol. The topological polar surface area (TPSA) is 20.2 Å². The van der Waals surface area contributed by atoms with Gasteiger partial charge in [-0.05, 0) is 72.3 Å². The maximum atomic E-state index is 10.4. The van der Waals surface area contributed by atoms with Gasteiger partial charge in [0.1, 0.15) is 5.75 Å². The Morgan fingerprint density at radius 3 is 1.51 bits per heavy atom. The Morgan fingerprint density at radius 2 is 1.03 bits per heavy atom. The van der Waals surface area contributed by atoms with Crippen LogP contribution in [0.3, 0.4) is 0 Å². The second-order valence-electron chi connectivity index (χ2n) is 10.8. The van der Waals surface area contributed by atoms with Crippen molar-refractivity contribution in [1.82, 2.24) is 0 Å². The van der Waals surface area contributed by atoms with Crippen LogP contribution in [0, 0.1) is 6.92 Å². The van der Waals surface area contributed by atoms with Gasteiger partial charge in [-0.15, -0.1) is 23.5 Å². The van der Waals surface area contributed by atoms with Crippen molar-refractivity contribution < 1.29 is 5.11 Å². The summed E-state index contributed by atoms with van der Waals surface area (Å²) in [5, 5.41) is 10.4. The molecule has 0 aliphatic rings. The Kier molecular flexibility index (Phi) is 23.8. The Balaban J connectivity index is 2.70. The summed E-state index contributed by atoms with van der Waals surface area (Å²) in [6.45, 7) is 9.10. The number of phenolic OH excluding ortho intramolecular Hbond substituents is 1. The highest BCUT2D eigenvalue weighted by Gasteiger charge is 2.20. The van der Waals surface area contributed by atoms with Crippen molar-refractivity contribution in [3.63, 3.8) is 0 Å². The van der Waals surface area contributed by atoms with Gasteiger partial charge in [0.2, 0.25) is 0 Å². The van der Waals surface area contributed by atoms with Crippen molar-refractivity contribution in [1.29, 1.82) is 0 Å². The van der Waals surface area contributed by atoms with Crippen molar-refractivity contribution in [3.8, 4) is 5.75 Å². The van der Waals surface area contributed by atoms with E-state index >= 15 is 0 Å². The summed E-state index contributed by atoms with van der Waals surface area (Å²) < 4.78 is 0.497. The van der Waals surface area contributed by atoms with Gasteiger partial charge in [0.25, 0.3) is 0 Å². The second kappa shape index (κ2) is 25.1. The molecule has 0 fully saturated rings. The Labute approximate surface area is 244 Å². The highest BCUT2D eigenvalue weighted by molar-refractivity contribution is 8.16. The normalized spacial score (nSPS) is 11.6. The van der Waals surface area contributed by atoms with E-state index in [0.29, 0.717) is 10.3 Å². The number of rotatable bonds is 26. The van der Waals surface area contributed by atoms with E-state index in [1.54, 1.807) is 0 Å². The van der Waals surface area contributed by atoms with Gasteiger partial charge < -0.3 is 5.11 Å². The minimum Gasteiger partial charge on any atom is -0.508 e. The highest BCUT2D eigenvalue weighted by Crippen LogP contribution is 2.45. The molecule has 1 N–H and O–H groups in total. The van der Waals surface area contributed by atoms with Crippen LogP contribution in [-0.2, 0) is 5.75 Å². The van der Waals surface area contributed by atoms with E-state index in [2.05, 4.69) is 69.0 Å². The van der Waals surface area contributed by atoms with Gasteiger partial charge in [0.15, 0.2) is 0 Å². The van der Waals surface area contributed by atoms with E-state index in [4.69, 9.17) is 0 Å². The third-order valence-electron chi connectivity index (χ3n) is 7.13. The predicted molar refractivity (Wildman–Crippen MR) is 177 cm³/mol. The van der Waals surface area contributed by atoms with Crippen LogP contribution < -0.4 is 0 Å². The first kappa shape index (κ1) is 35.1. The van der Waals surface area contributed by atoms with E-state index in [-0.39, 0.29) is 0 Å². The lowest BCUT2D eigenvalue weighted by Crippen LogP contribution is -2.02. The van der Waals surface area contributed by atoms with Crippen LogP contribution >= 0.6 is 35.3 Å². The van der Waals surface area contributed by atoms with Crippen LogP contribution in [0.5, 0.6) is 5.75 Å². The van der Waals surface area contributed by atoms with E-state index in [9.17, 15) is 5.11 Å². The zero-order valence-electron chi connectivity index (χ0n) is 25.0. The molecule has 1 aromatic carbocycles. The molecule has 1 rings (SSSR count). The van der Waals surface area contributed by atoms with Crippen molar-refractivity contribution in [2.75, 3.05) is 17.3 Å². The molecule has 0 aliphatic heterocycles. The predicted octanol–water partition coefficient (Wildman–Crippen LogP) is 12.5. The standard InChI is InChI=1S/C33H60OS3/c1-5-8-11-14-17-20-23-35-28-30-27-31(34)26-29(4)32(30)33(36-24-21-18-15-12-9-6-2)37-25-22-19-16-13-10-7-3/h26-27,33-34H,5-25,28H2,1-4H3. The van der Waals surface area contributed by atoms with Gasteiger partial charge in [-0.1, -0.05) is 117 Å². The summed E-state index contributed by atoms with van der Waals surface area (Å²) in [5.41, 5.74) is 4.18. The zero-order valence-corrected chi connectivity index (χ0v) is 27.4. The summed E-state index contributed by atoms with van der Waals surface area (Å²) in [4.78, 5) is 0. The Bertz CT molecular complexity index is 631. The molecule has 0 radical (unpaired) electrons. The smallest absolute Gasteiger partial charge is 0.116 e. The van der Waals surface area contributed by atoms with Crippen LogP contribution in [0.2, 0.25) is 0 Å².